The van der Waals surface area contributed by atoms with Crippen molar-refractivity contribution in [3.05, 3.63) is 35.9 Å². The Bertz CT molecular complexity index is 559. The smallest absolute Gasteiger partial charge is 0.323 e. The predicted molar refractivity (Wildman–Crippen MR) is 83.7 cm³/mol. The molecule has 0 aliphatic carbocycles. The molecule has 1 heterocycles. The Balaban J connectivity index is 2.11. The zero-order valence-electron chi connectivity index (χ0n) is 12.7. The molecular formula is C15H21N5O. The van der Waals surface area contributed by atoms with Crippen LogP contribution in [-0.4, -0.2) is 35.6 Å². The van der Waals surface area contributed by atoms with E-state index in [2.05, 4.69) is 27.2 Å². The van der Waals surface area contributed by atoms with E-state index in [4.69, 9.17) is 4.74 Å². The summed E-state index contributed by atoms with van der Waals surface area (Å²) in [7, 11) is 3.78. The largest absolute Gasteiger partial charge is 0.458 e. The SMILES string of the molecule is CCCNc1nc(OCc2ccccc2)nc(N(C)C)n1. The van der Waals surface area contributed by atoms with Gasteiger partial charge in [-0.2, -0.15) is 15.0 Å². The van der Waals surface area contributed by atoms with Gasteiger partial charge in [0.25, 0.3) is 0 Å². The second-order valence-corrected chi connectivity index (χ2v) is 4.84. The number of nitrogens with one attached hydrogen (secondary N) is 1. The average molecular weight is 287 g/mol. The van der Waals surface area contributed by atoms with Crippen LogP contribution in [0, 0.1) is 0 Å². The van der Waals surface area contributed by atoms with E-state index in [1.54, 1.807) is 0 Å². The van der Waals surface area contributed by atoms with Crippen LogP contribution in [-0.2, 0) is 6.61 Å². The molecule has 0 saturated heterocycles. The maximum absolute atomic E-state index is 5.67. The number of nitrogens with zero attached hydrogens (tertiary/aromatic N) is 4. The normalized spacial score (nSPS) is 10.2. The molecule has 1 aromatic carbocycles. The van der Waals surface area contributed by atoms with E-state index >= 15 is 0 Å². The van der Waals surface area contributed by atoms with Gasteiger partial charge in [0.1, 0.15) is 6.61 Å². The van der Waals surface area contributed by atoms with Gasteiger partial charge in [-0.1, -0.05) is 37.3 Å². The third-order valence-corrected chi connectivity index (χ3v) is 2.75. The number of benzene rings is 1. The van der Waals surface area contributed by atoms with Crippen molar-refractivity contribution in [3.63, 3.8) is 0 Å². The fourth-order valence-corrected chi connectivity index (χ4v) is 1.65. The lowest BCUT2D eigenvalue weighted by Gasteiger charge is -2.13. The van der Waals surface area contributed by atoms with Crippen LogP contribution in [0.4, 0.5) is 11.9 Å². The molecular weight excluding hydrogens is 266 g/mol. The van der Waals surface area contributed by atoms with Crippen molar-refractivity contribution in [3.8, 4) is 6.01 Å². The van der Waals surface area contributed by atoms with Crippen molar-refractivity contribution < 1.29 is 4.74 Å². The minimum absolute atomic E-state index is 0.330. The number of anilines is 2. The summed E-state index contributed by atoms with van der Waals surface area (Å²) in [5, 5.41) is 3.16. The Kier molecular flexibility index (Phi) is 5.31. The van der Waals surface area contributed by atoms with E-state index in [1.165, 1.54) is 0 Å². The topological polar surface area (TPSA) is 63.2 Å². The predicted octanol–water partition coefficient (Wildman–Crippen LogP) is 2.34. The van der Waals surface area contributed by atoms with Gasteiger partial charge in [0, 0.05) is 20.6 Å². The lowest BCUT2D eigenvalue weighted by Crippen LogP contribution is -2.16. The van der Waals surface area contributed by atoms with Crippen LogP contribution in [0.2, 0.25) is 0 Å². The van der Waals surface area contributed by atoms with Gasteiger partial charge >= 0.3 is 6.01 Å². The molecule has 0 atom stereocenters. The minimum Gasteiger partial charge on any atom is -0.458 e. The maximum atomic E-state index is 5.67. The van der Waals surface area contributed by atoms with Crippen molar-refractivity contribution >= 4 is 11.9 Å². The Morgan fingerprint density at radius 1 is 1.10 bits per heavy atom. The van der Waals surface area contributed by atoms with Gasteiger partial charge < -0.3 is 15.0 Å². The van der Waals surface area contributed by atoms with Crippen LogP contribution in [0.25, 0.3) is 0 Å². The molecule has 21 heavy (non-hydrogen) atoms. The van der Waals surface area contributed by atoms with Crippen LogP contribution < -0.4 is 15.0 Å². The highest BCUT2D eigenvalue weighted by atomic mass is 16.5. The van der Waals surface area contributed by atoms with Crippen molar-refractivity contribution in [2.75, 3.05) is 30.9 Å². The summed E-state index contributed by atoms with van der Waals surface area (Å²) in [4.78, 5) is 14.7. The number of hydrogen-bond donors (Lipinski definition) is 1. The first kappa shape index (κ1) is 15.0. The fourth-order valence-electron chi connectivity index (χ4n) is 1.65. The average Bonchev–Trinajstić information content (AvgIpc) is 2.51. The number of hydrogen-bond acceptors (Lipinski definition) is 6. The second kappa shape index (κ2) is 7.42. The third-order valence-electron chi connectivity index (χ3n) is 2.75. The number of aromatic nitrogens is 3. The number of rotatable bonds is 7. The van der Waals surface area contributed by atoms with Crippen LogP contribution >= 0.6 is 0 Å². The fraction of sp³-hybridized carbons (Fsp3) is 0.400. The lowest BCUT2D eigenvalue weighted by molar-refractivity contribution is 0.280. The van der Waals surface area contributed by atoms with Gasteiger partial charge in [-0.3, -0.25) is 0 Å². The van der Waals surface area contributed by atoms with Crippen LogP contribution in [0.1, 0.15) is 18.9 Å². The second-order valence-electron chi connectivity index (χ2n) is 4.84. The molecule has 0 unspecified atom stereocenters. The van der Waals surface area contributed by atoms with Gasteiger partial charge in [0.2, 0.25) is 11.9 Å². The summed E-state index contributed by atoms with van der Waals surface area (Å²) in [6.07, 6.45) is 1.00. The first-order chi connectivity index (χ1) is 10.2. The van der Waals surface area contributed by atoms with Crippen LogP contribution in [0.15, 0.2) is 30.3 Å². The van der Waals surface area contributed by atoms with E-state index in [1.807, 2.05) is 49.3 Å². The minimum atomic E-state index is 0.330. The van der Waals surface area contributed by atoms with E-state index in [0.717, 1.165) is 18.5 Å². The van der Waals surface area contributed by atoms with Crippen LogP contribution in [0.5, 0.6) is 6.01 Å². The summed E-state index contributed by atoms with van der Waals surface area (Å²) in [6, 6.07) is 10.3. The molecule has 0 radical (unpaired) electrons. The quantitative estimate of drug-likeness (QED) is 0.843. The van der Waals surface area contributed by atoms with E-state index in [-0.39, 0.29) is 0 Å². The monoisotopic (exact) mass is 287 g/mol. The molecule has 0 fully saturated rings. The molecule has 1 aromatic heterocycles. The molecule has 0 saturated carbocycles. The molecule has 0 bridgehead atoms. The van der Waals surface area contributed by atoms with Crippen molar-refractivity contribution in [2.24, 2.45) is 0 Å². The summed E-state index contributed by atoms with van der Waals surface area (Å²) in [5.41, 5.74) is 1.08. The first-order valence-corrected chi connectivity index (χ1v) is 7.03. The van der Waals surface area contributed by atoms with Crippen LogP contribution in [0.3, 0.4) is 0 Å². The summed E-state index contributed by atoms with van der Waals surface area (Å²) in [5.74, 6) is 1.12. The Morgan fingerprint density at radius 3 is 2.52 bits per heavy atom. The maximum Gasteiger partial charge on any atom is 0.323 e. The molecule has 1 N–H and O–H groups in total. The molecule has 6 heteroatoms. The highest BCUT2D eigenvalue weighted by Crippen LogP contribution is 2.14. The zero-order chi connectivity index (χ0) is 15.1. The van der Waals surface area contributed by atoms with E-state index < -0.39 is 0 Å². The first-order valence-electron chi connectivity index (χ1n) is 7.03. The molecule has 0 spiro atoms. The molecule has 0 aliphatic rings. The van der Waals surface area contributed by atoms with Gasteiger partial charge in [-0.15, -0.1) is 0 Å². The molecule has 0 aliphatic heterocycles. The van der Waals surface area contributed by atoms with E-state index in [0.29, 0.717) is 24.5 Å². The van der Waals surface area contributed by atoms with Gasteiger partial charge in [-0.05, 0) is 12.0 Å². The zero-order valence-corrected chi connectivity index (χ0v) is 12.7. The molecule has 2 rings (SSSR count). The van der Waals surface area contributed by atoms with Gasteiger partial charge in [0.05, 0.1) is 0 Å². The highest BCUT2D eigenvalue weighted by molar-refractivity contribution is 5.37. The summed E-state index contributed by atoms with van der Waals surface area (Å²) >= 11 is 0. The highest BCUT2D eigenvalue weighted by Gasteiger charge is 2.09. The van der Waals surface area contributed by atoms with Crippen molar-refractivity contribution in [1.29, 1.82) is 0 Å². The third kappa shape index (κ3) is 4.59. The molecule has 2 aromatic rings. The van der Waals surface area contributed by atoms with E-state index in [9.17, 15) is 0 Å². The molecule has 6 nitrogen and oxygen atoms in total. The van der Waals surface area contributed by atoms with Crippen molar-refractivity contribution in [1.82, 2.24) is 15.0 Å². The Morgan fingerprint density at radius 2 is 1.86 bits per heavy atom. The Hall–Kier alpha value is -2.37. The molecule has 0 amide bonds. The summed E-state index contributed by atoms with van der Waals surface area (Å²) in [6.45, 7) is 3.34. The summed E-state index contributed by atoms with van der Waals surface area (Å²) < 4.78 is 5.67. The van der Waals surface area contributed by atoms with Gasteiger partial charge in [0.15, 0.2) is 0 Å². The Labute approximate surface area is 125 Å². The van der Waals surface area contributed by atoms with Crippen molar-refractivity contribution in [2.45, 2.75) is 20.0 Å². The molecule has 112 valence electrons. The lowest BCUT2D eigenvalue weighted by atomic mass is 10.2. The van der Waals surface area contributed by atoms with Gasteiger partial charge in [-0.25, -0.2) is 0 Å². The standard InChI is InChI=1S/C15H21N5O/c1-4-10-16-13-17-14(20(2)3)19-15(18-13)21-11-12-8-6-5-7-9-12/h5-9H,4,10-11H2,1-3H3,(H,16,17,18,19). The number of ether oxygens (including phenoxy) is 1.